The van der Waals surface area contributed by atoms with E-state index in [0.717, 1.165) is 12.2 Å². The smallest absolute Gasteiger partial charge is 0.242 e. The molecule has 20 heavy (non-hydrogen) atoms. The van der Waals surface area contributed by atoms with Gasteiger partial charge in [0.25, 0.3) is 0 Å². The summed E-state index contributed by atoms with van der Waals surface area (Å²) < 4.78 is 26.3. The minimum absolute atomic E-state index is 0.0711. The maximum absolute atomic E-state index is 12.0. The Bertz CT molecular complexity index is 653. The number of nitrogens with zero attached hydrogens (tertiary/aromatic N) is 1. The molecule has 1 aromatic carbocycles. The van der Waals surface area contributed by atoms with Crippen LogP contribution >= 0.6 is 0 Å². The second kappa shape index (κ2) is 6.06. The lowest BCUT2D eigenvalue weighted by Gasteiger charge is -2.18. The molecule has 0 amide bonds. The maximum atomic E-state index is 12.0. The molecule has 2 aromatic rings. The molecule has 0 saturated carbocycles. The predicted octanol–water partition coefficient (Wildman–Crippen LogP) is 1.88. The highest BCUT2D eigenvalue weighted by Gasteiger charge is 2.19. The van der Waals surface area contributed by atoms with Crippen molar-refractivity contribution in [3.8, 4) is 0 Å². The molecule has 0 aliphatic carbocycles. The van der Waals surface area contributed by atoms with Crippen molar-refractivity contribution >= 4 is 15.7 Å². The number of aromatic nitrogens is 2. The van der Waals surface area contributed by atoms with Gasteiger partial charge in [-0.2, -0.15) is 0 Å². The number of sulfonamides is 1. The van der Waals surface area contributed by atoms with Crippen molar-refractivity contribution in [2.45, 2.75) is 24.3 Å². The molecule has 0 radical (unpaired) electrons. The molecule has 1 unspecified atom stereocenters. The molecule has 0 saturated heterocycles. The van der Waals surface area contributed by atoms with E-state index >= 15 is 0 Å². The summed E-state index contributed by atoms with van der Waals surface area (Å²) in [6, 6.07) is 6.74. The number of hydrogen-bond acceptors (Lipinski definition) is 4. The summed E-state index contributed by atoms with van der Waals surface area (Å²) in [6.45, 7) is 2.01. The van der Waals surface area contributed by atoms with E-state index in [4.69, 9.17) is 0 Å². The average Bonchev–Trinajstić information content (AvgIpc) is 2.99. The maximum Gasteiger partial charge on any atom is 0.242 e. The lowest BCUT2D eigenvalue weighted by atomic mass is 10.2. The van der Waals surface area contributed by atoms with Crippen molar-refractivity contribution in [1.82, 2.24) is 14.7 Å². The largest absolute Gasteiger partial charge is 0.374 e. The molecule has 6 nitrogen and oxygen atoms in total. The summed E-state index contributed by atoms with van der Waals surface area (Å²) >= 11 is 0. The van der Waals surface area contributed by atoms with E-state index in [0.29, 0.717) is 5.69 Å². The third kappa shape index (κ3) is 3.00. The molecule has 0 fully saturated rings. The van der Waals surface area contributed by atoms with E-state index in [2.05, 4.69) is 20.0 Å². The van der Waals surface area contributed by atoms with Crippen LogP contribution in [0.2, 0.25) is 0 Å². The van der Waals surface area contributed by atoms with Crippen molar-refractivity contribution in [2.24, 2.45) is 0 Å². The van der Waals surface area contributed by atoms with Crippen LogP contribution in [0, 0.1) is 0 Å². The summed E-state index contributed by atoms with van der Waals surface area (Å²) in [7, 11) is -2.10. The highest BCUT2D eigenvalue weighted by atomic mass is 32.2. The number of rotatable bonds is 6. The first-order valence-electron chi connectivity index (χ1n) is 6.37. The molecule has 108 valence electrons. The molecule has 0 aliphatic rings. The summed E-state index contributed by atoms with van der Waals surface area (Å²) in [6.07, 6.45) is 4.20. The van der Waals surface area contributed by atoms with Gasteiger partial charge in [0.05, 0.1) is 11.7 Å². The number of benzene rings is 1. The van der Waals surface area contributed by atoms with E-state index in [9.17, 15) is 8.42 Å². The third-order valence-corrected chi connectivity index (χ3v) is 4.51. The number of imidazole rings is 1. The zero-order valence-electron chi connectivity index (χ0n) is 11.4. The van der Waals surface area contributed by atoms with E-state index in [1.807, 2.05) is 6.92 Å². The van der Waals surface area contributed by atoms with Crippen LogP contribution in [-0.4, -0.2) is 25.4 Å². The average molecular weight is 294 g/mol. The summed E-state index contributed by atoms with van der Waals surface area (Å²) in [4.78, 5) is 7.48. The molecule has 0 aliphatic heterocycles. The Morgan fingerprint density at radius 2 is 2.10 bits per heavy atom. The number of nitrogens with one attached hydrogen (secondary N) is 3. The first-order valence-corrected chi connectivity index (χ1v) is 7.85. The second-order valence-corrected chi connectivity index (χ2v) is 6.14. The zero-order valence-corrected chi connectivity index (χ0v) is 12.2. The fourth-order valence-corrected chi connectivity index (χ4v) is 2.84. The van der Waals surface area contributed by atoms with Crippen molar-refractivity contribution < 1.29 is 8.42 Å². The van der Waals surface area contributed by atoms with Gasteiger partial charge in [0.15, 0.2) is 0 Å². The molecule has 1 heterocycles. The van der Waals surface area contributed by atoms with Crippen LogP contribution in [0.4, 0.5) is 5.69 Å². The fourth-order valence-electron chi connectivity index (χ4n) is 1.95. The SMILES string of the molecule is CCC(Nc1ccccc1S(=O)(=O)NC)c1ncc[nH]1. The minimum atomic E-state index is -3.49. The van der Waals surface area contributed by atoms with Gasteiger partial charge in [0, 0.05) is 12.4 Å². The number of para-hydroxylation sites is 1. The van der Waals surface area contributed by atoms with Crippen molar-refractivity contribution in [2.75, 3.05) is 12.4 Å². The Hall–Kier alpha value is -1.86. The zero-order chi connectivity index (χ0) is 14.6. The van der Waals surface area contributed by atoms with Crippen LogP contribution in [0.5, 0.6) is 0 Å². The minimum Gasteiger partial charge on any atom is -0.374 e. The van der Waals surface area contributed by atoms with Crippen LogP contribution in [0.3, 0.4) is 0 Å². The van der Waals surface area contributed by atoms with Gasteiger partial charge in [-0.05, 0) is 25.6 Å². The first-order chi connectivity index (χ1) is 9.58. The van der Waals surface area contributed by atoms with E-state index in [1.165, 1.54) is 7.05 Å². The predicted molar refractivity (Wildman–Crippen MR) is 77.9 cm³/mol. The van der Waals surface area contributed by atoms with Crippen molar-refractivity contribution in [3.05, 3.63) is 42.5 Å². The van der Waals surface area contributed by atoms with E-state index < -0.39 is 10.0 Å². The molecular formula is C13H18N4O2S. The molecule has 2 rings (SSSR count). The highest BCUT2D eigenvalue weighted by molar-refractivity contribution is 7.89. The molecule has 1 atom stereocenters. The Balaban J connectivity index is 2.34. The van der Waals surface area contributed by atoms with Crippen LogP contribution in [0.1, 0.15) is 25.2 Å². The highest BCUT2D eigenvalue weighted by Crippen LogP contribution is 2.25. The third-order valence-electron chi connectivity index (χ3n) is 3.03. The normalized spacial score (nSPS) is 13.1. The second-order valence-electron chi connectivity index (χ2n) is 4.28. The number of anilines is 1. The van der Waals surface area contributed by atoms with Gasteiger partial charge in [0.2, 0.25) is 10.0 Å². The summed E-state index contributed by atoms with van der Waals surface area (Å²) in [5, 5.41) is 3.23. The summed E-state index contributed by atoms with van der Waals surface area (Å²) in [5.41, 5.74) is 0.560. The standard InChI is InChI=1S/C13H18N4O2S/c1-3-10(13-15-8-9-16-13)17-11-6-4-5-7-12(11)20(18,19)14-2/h4-10,14,17H,3H2,1-2H3,(H,15,16). The van der Waals surface area contributed by atoms with Gasteiger partial charge in [-0.3, -0.25) is 0 Å². The van der Waals surface area contributed by atoms with Gasteiger partial charge < -0.3 is 10.3 Å². The Kier molecular flexibility index (Phi) is 4.41. The van der Waals surface area contributed by atoms with Gasteiger partial charge in [-0.1, -0.05) is 19.1 Å². The van der Waals surface area contributed by atoms with Gasteiger partial charge in [-0.15, -0.1) is 0 Å². The van der Waals surface area contributed by atoms with Crippen LogP contribution < -0.4 is 10.0 Å². The Morgan fingerprint density at radius 1 is 1.35 bits per heavy atom. The monoisotopic (exact) mass is 294 g/mol. The van der Waals surface area contributed by atoms with E-state index in [-0.39, 0.29) is 10.9 Å². The Labute approximate surface area is 118 Å². The molecule has 7 heteroatoms. The Morgan fingerprint density at radius 3 is 2.70 bits per heavy atom. The molecule has 0 bridgehead atoms. The van der Waals surface area contributed by atoms with Gasteiger partial charge >= 0.3 is 0 Å². The first kappa shape index (κ1) is 14.5. The lowest BCUT2D eigenvalue weighted by Crippen LogP contribution is -2.21. The van der Waals surface area contributed by atoms with Crippen molar-refractivity contribution in [1.29, 1.82) is 0 Å². The molecular weight excluding hydrogens is 276 g/mol. The molecule has 3 N–H and O–H groups in total. The van der Waals surface area contributed by atoms with Gasteiger partial charge in [0.1, 0.15) is 10.7 Å². The summed E-state index contributed by atoms with van der Waals surface area (Å²) in [5.74, 6) is 0.782. The number of hydrogen-bond donors (Lipinski definition) is 3. The lowest BCUT2D eigenvalue weighted by molar-refractivity contribution is 0.588. The van der Waals surface area contributed by atoms with Gasteiger partial charge in [-0.25, -0.2) is 18.1 Å². The quantitative estimate of drug-likeness (QED) is 0.759. The van der Waals surface area contributed by atoms with Crippen LogP contribution in [0.25, 0.3) is 0 Å². The van der Waals surface area contributed by atoms with Crippen molar-refractivity contribution in [3.63, 3.8) is 0 Å². The number of aromatic amines is 1. The number of H-pyrrole nitrogens is 1. The fraction of sp³-hybridized carbons (Fsp3) is 0.308. The van der Waals surface area contributed by atoms with E-state index in [1.54, 1.807) is 36.7 Å². The van der Waals surface area contributed by atoms with Crippen LogP contribution in [-0.2, 0) is 10.0 Å². The molecule has 0 spiro atoms. The van der Waals surface area contributed by atoms with Crippen LogP contribution in [0.15, 0.2) is 41.6 Å². The topological polar surface area (TPSA) is 86.9 Å². The molecule has 1 aromatic heterocycles.